The van der Waals surface area contributed by atoms with Crippen LogP contribution < -0.4 is 11.0 Å². The number of primary amides is 1. The quantitative estimate of drug-likeness (QED) is 0.190. The third kappa shape index (κ3) is 4.22. The number of fused-ring (bicyclic) bond motifs is 3. The Hall–Kier alpha value is -4.41. The summed E-state index contributed by atoms with van der Waals surface area (Å²) >= 11 is 0. The van der Waals surface area contributed by atoms with Crippen LogP contribution in [-0.2, 0) is 25.6 Å². The Bertz CT molecular complexity index is 1570. The average molecular weight is 562 g/mol. The van der Waals surface area contributed by atoms with E-state index in [1.807, 2.05) is 0 Å². The van der Waals surface area contributed by atoms with Crippen LogP contribution in [0, 0.1) is 35.5 Å². The molecule has 3 aliphatic carbocycles. The molecular weight excluding hydrogens is 534 g/mol. The summed E-state index contributed by atoms with van der Waals surface area (Å²) in [4.78, 5) is 67.6. The first-order chi connectivity index (χ1) is 19.3. The van der Waals surface area contributed by atoms with Crippen molar-refractivity contribution in [2.24, 2.45) is 29.4 Å². The summed E-state index contributed by atoms with van der Waals surface area (Å²) in [5.41, 5.74) is 3.83. The van der Waals surface area contributed by atoms with E-state index in [9.17, 15) is 34.2 Å². The number of likely N-dealkylation sites (N-methyl/N-ethyl adjacent to an activating group) is 1. The highest BCUT2D eigenvalue weighted by Gasteiger charge is 2.69. The summed E-state index contributed by atoms with van der Waals surface area (Å²) < 4.78 is 0. The molecule has 0 saturated heterocycles. The van der Waals surface area contributed by atoms with Crippen molar-refractivity contribution in [1.82, 2.24) is 4.90 Å². The second kappa shape index (κ2) is 9.90. The van der Waals surface area contributed by atoms with Gasteiger partial charge in [-0.3, -0.25) is 39.3 Å². The number of anilines is 1. The van der Waals surface area contributed by atoms with Gasteiger partial charge in [0, 0.05) is 17.0 Å². The SMILES string of the molecule is CN(C)[C@@H]1C(=O)C(C(N)=O)C(=O)[C@@]2(O)C(=O)C3C(=O)c4c(O)ccc(C#Cc5ccc(N(O)O)cc5)c4CC3CC12. The summed E-state index contributed by atoms with van der Waals surface area (Å²) in [6, 6.07) is 7.56. The number of rotatable bonds is 3. The van der Waals surface area contributed by atoms with Crippen LogP contribution in [-0.4, -0.2) is 80.3 Å². The van der Waals surface area contributed by atoms with E-state index in [1.165, 1.54) is 43.3 Å². The van der Waals surface area contributed by atoms with E-state index >= 15 is 0 Å². The summed E-state index contributed by atoms with van der Waals surface area (Å²) in [5, 5.41) is 40.5. The number of hydrogen-bond donors (Lipinski definition) is 5. The van der Waals surface area contributed by atoms with Gasteiger partial charge >= 0.3 is 0 Å². The third-order valence-electron chi connectivity index (χ3n) is 8.38. The lowest BCUT2D eigenvalue weighted by molar-refractivity contribution is -0.181. The Labute approximate surface area is 233 Å². The number of benzene rings is 2. The van der Waals surface area contributed by atoms with Gasteiger partial charge in [-0.15, -0.1) is 5.23 Å². The van der Waals surface area contributed by atoms with Gasteiger partial charge < -0.3 is 15.9 Å². The monoisotopic (exact) mass is 561 g/mol. The lowest BCUT2D eigenvalue weighted by Crippen LogP contribution is -2.74. The van der Waals surface area contributed by atoms with Gasteiger partial charge in [-0.25, -0.2) is 0 Å². The largest absolute Gasteiger partial charge is 0.507 e. The first kappa shape index (κ1) is 28.1. The number of amides is 1. The summed E-state index contributed by atoms with van der Waals surface area (Å²) in [7, 11) is 3.04. The molecule has 2 fully saturated rings. The highest BCUT2D eigenvalue weighted by Crippen LogP contribution is 2.50. The van der Waals surface area contributed by atoms with E-state index in [-0.39, 0.29) is 29.3 Å². The second-order valence-electron chi connectivity index (χ2n) is 10.9. The molecule has 12 nitrogen and oxygen atoms in total. The third-order valence-corrected chi connectivity index (χ3v) is 8.38. The molecule has 1 amide bonds. The number of hydrogen-bond acceptors (Lipinski definition) is 11. The van der Waals surface area contributed by atoms with E-state index in [0.29, 0.717) is 16.7 Å². The van der Waals surface area contributed by atoms with E-state index < -0.39 is 70.1 Å². The van der Waals surface area contributed by atoms with Crippen molar-refractivity contribution in [2.45, 2.75) is 24.5 Å². The van der Waals surface area contributed by atoms with Gasteiger partial charge in [-0.2, -0.15) is 0 Å². The standard InChI is InChI=1S/C29H27N3O9/c1-31(2)23-18-12-15-11-17-14(6-3-13-4-8-16(9-5-13)32(40)41)7-10-19(33)21(17)24(34)20(15)26(36)29(18,39)27(37)22(25(23)35)28(30)38/h4-5,7-10,15,18,20,22-23,33,39-41H,11-12H2,1-2H3,(H2,30,38)/t15?,18?,20?,22?,23-,29-/m0/s1. The zero-order chi connectivity index (χ0) is 30.0. The maximum atomic E-state index is 13.8. The van der Waals surface area contributed by atoms with Crippen LogP contribution in [0.5, 0.6) is 5.75 Å². The van der Waals surface area contributed by atoms with Crippen molar-refractivity contribution >= 4 is 34.7 Å². The van der Waals surface area contributed by atoms with Crippen LogP contribution in [0.3, 0.4) is 0 Å². The zero-order valence-corrected chi connectivity index (χ0v) is 22.1. The van der Waals surface area contributed by atoms with E-state index in [4.69, 9.17) is 16.1 Å². The molecule has 12 heteroatoms. The molecule has 0 aliphatic heterocycles. The topological polar surface area (TPSA) is 199 Å². The van der Waals surface area contributed by atoms with Gasteiger partial charge in [0.05, 0.1) is 23.2 Å². The number of aromatic hydroxyl groups is 1. The molecule has 3 aliphatic rings. The Morgan fingerprint density at radius 2 is 1.66 bits per heavy atom. The highest BCUT2D eigenvalue weighted by atomic mass is 16.8. The smallest absolute Gasteiger partial charge is 0.235 e. The van der Waals surface area contributed by atoms with Crippen LogP contribution >= 0.6 is 0 Å². The Kier molecular flexibility index (Phi) is 6.79. The number of phenolic OH excluding ortho intramolecular Hbond substituents is 1. The minimum atomic E-state index is -2.78. The van der Waals surface area contributed by atoms with Crippen molar-refractivity contribution in [3.63, 3.8) is 0 Å². The summed E-state index contributed by atoms with van der Waals surface area (Å²) in [6.45, 7) is 0. The number of carbonyl (C=O) groups excluding carboxylic acids is 5. The molecule has 41 heavy (non-hydrogen) atoms. The highest BCUT2D eigenvalue weighted by molar-refractivity contribution is 6.32. The number of ketones is 4. The molecule has 6 N–H and O–H groups in total. The first-order valence-corrected chi connectivity index (χ1v) is 12.8. The molecule has 0 aromatic heterocycles. The lowest BCUT2D eigenvalue weighted by atomic mass is 9.52. The minimum absolute atomic E-state index is 0.0372. The molecule has 4 unspecified atom stereocenters. The summed E-state index contributed by atoms with van der Waals surface area (Å²) in [5.74, 6) is -5.27. The van der Waals surface area contributed by atoms with Gasteiger partial charge in [-0.1, -0.05) is 11.8 Å². The lowest BCUT2D eigenvalue weighted by Gasteiger charge is -2.52. The predicted octanol–water partition coefficient (Wildman–Crippen LogP) is -0.148. The zero-order valence-electron chi connectivity index (χ0n) is 22.1. The Morgan fingerprint density at radius 1 is 1.00 bits per heavy atom. The molecular formula is C29H27N3O9. The van der Waals surface area contributed by atoms with Gasteiger partial charge in [0.1, 0.15) is 5.75 Å². The minimum Gasteiger partial charge on any atom is -0.507 e. The molecule has 2 saturated carbocycles. The molecule has 2 aromatic rings. The molecule has 5 rings (SSSR count). The molecule has 212 valence electrons. The van der Waals surface area contributed by atoms with Crippen molar-refractivity contribution in [3.8, 4) is 17.6 Å². The number of nitrogens with two attached hydrogens (primary N) is 1. The number of aliphatic hydroxyl groups is 1. The Morgan fingerprint density at radius 3 is 2.24 bits per heavy atom. The number of Topliss-reactive ketones (excluding diaryl/α,β-unsaturated/α-hetero) is 4. The van der Waals surface area contributed by atoms with Gasteiger partial charge in [0.2, 0.25) is 5.91 Å². The molecule has 6 atom stereocenters. The van der Waals surface area contributed by atoms with Gasteiger partial charge in [-0.05, 0) is 74.8 Å². The number of carbonyl (C=O) groups is 5. The fraction of sp³-hybridized carbons (Fsp3) is 0.345. The van der Waals surface area contributed by atoms with E-state index in [0.717, 1.165) is 0 Å². The van der Waals surface area contributed by atoms with Crippen molar-refractivity contribution in [1.29, 1.82) is 0 Å². The van der Waals surface area contributed by atoms with Crippen molar-refractivity contribution in [3.05, 3.63) is 58.7 Å². The number of nitrogens with zero attached hydrogens (tertiary/aromatic N) is 2. The van der Waals surface area contributed by atoms with Crippen LogP contribution in [0.1, 0.15) is 33.5 Å². The van der Waals surface area contributed by atoms with E-state index in [1.54, 1.807) is 12.1 Å². The van der Waals surface area contributed by atoms with Crippen LogP contribution in [0.4, 0.5) is 5.69 Å². The second-order valence-corrected chi connectivity index (χ2v) is 10.9. The maximum Gasteiger partial charge on any atom is 0.235 e. The fourth-order valence-corrected chi connectivity index (χ4v) is 6.54. The van der Waals surface area contributed by atoms with Crippen molar-refractivity contribution < 1.29 is 44.6 Å². The van der Waals surface area contributed by atoms with Gasteiger partial charge in [0.25, 0.3) is 0 Å². The van der Waals surface area contributed by atoms with Crippen LogP contribution in [0.15, 0.2) is 36.4 Å². The van der Waals surface area contributed by atoms with Gasteiger partial charge in [0.15, 0.2) is 34.7 Å². The Balaban J connectivity index is 1.58. The van der Waals surface area contributed by atoms with Crippen LogP contribution in [0.25, 0.3) is 0 Å². The summed E-state index contributed by atoms with van der Waals surface area (Å²) in [6.07, 6.45) is 0.0277. The predicted molar refractivity (Wildman–Crippen MR) is 140 cm³/mol. The molecule has 0 heterocycles. The average Bonchev–Trinajstić information content (AvgIpc) is 2.90. The normalized spacial score (nSPS) is 28.8. The van der Waals surface area contributed by atoms with Crippen LogP contribution in [0.2, 0.25) is 0 Å². The molecule has 0 bridgehead atoms. The maximum absolute atomic E-state index is 13.8. The molecule has 0 spiro atoms. The first-order valence-electron chi connectivity index (χ1n) is 12.8. The van der Waals surface area contributed by atoms with E-state index in [2.05, 4.69) is 11.8 Å². The molecule has 2 aromatic carbocycles. The molecule has 0 radical (unpaired) electrons. The number of phenols is 1. The fourth-order valence-electron chi connectivity index (χ4n) is 6.54. The van der Waals surface area contributed by atoms with Crippen molar-refractivity contribution in [2.75, 3.05) is 19.3 Å².